The highest BCUT2D eigenvalue weighted by atomic mass is 16.3. The Kier molecular flexibility index (Phi) is 3.29. The molecule has 0 aliphatic carbocycles. The largest absolute Gasteiger partial charge is 0.464 e. The average Bonchev–Trinajstić information content (AvgIpc) is 2.87. The van der Waals surface area contributed by atoms with Crippen LogP contribution in [0.3, 0.4) is 0 Å². The molecule has 1 aromatic rings. The number of carbonyl (C=O) groups is 1. The van der Waals surface area contributed by atoms with E-state index >= 15 is 0 Å². The van der Waals surface area contributed by atoms with Gasteiger partial charge in [0.1, 0.15) is 11.5 Å². The molecule has 1 unspecified atom stereocenters. The van der Waals surface area contributed by atoms with Crippen LogP contribution in [-0.4, -0.2) is 18.5 Å². The standard InChI is InChI=1S/C12H18N2O2/c1-8-5-6-11(16-8)9(2)14-12(15)10-4-3-7-13-10/h5-6,9-10,13H,3-4,7H2,1-2H3,(H,14,15)/t9?,10-/m1/s1. The van der Waals surface area contributed by atoms with Gasteiger partial charge in [0.2, 0.25) is 5.91 Å². The van der Waals surface area contributed by atoms with E-state index < -0.39 is 0 Å². The molecule has 1 fully saturated rings. The molecule has 0 spiro atoms. The lowest BCUT2D eigenvalue weighted by atomic mass is 10.2. The Balaban J connectivity index is 1.91. The predicted molar refractivity (Wildman–Crippen MR) is 61.0 cm³/mol. The molecule has 0 saturated carbocycles. The molecule has 4 nitrogen and oxygen atoms in total. The lowest BCUT2D eigenvalue weighted by molar-refractivity contribution is -0.123. The fraction of sp³-hybridized carbons (Fsp3) is 0.583. The number of aryl methyl sites for hydroxylation is 1. The van der Waals surface area contributed by atoms with Crippen molar-refractivity contribution in [2.24, 2.45) is 0 Å². The number of hydrogen-bond acceptors (Lipinski definition) is 3. The minimum absolute atomic E-state index is 0.0292. The van der Waals surface area contributed by atoms with Crippen LogP contribution in [0.2, 0.25) is 0 Å². The van der Waals surface area contributed by atoms with Crippen LogP contribution in [0, 0.1) is 6.92 Å². The molecule has 2 rings (SSSR count). The van der Waals surface area contributed by atoms with Crippen LogP contribution in [0.1, 0.15) is 37.3 Å². The highest BCUT2D eigenvalue weighted by Gasteiger charge is 2.23. The quantitative estimate of drug-likeness (QED) is 0.815. The molecule has 2 heterocycles. The fourth-order valence-electron chi connectivity index (χ4n) is 1.98. The molecule has 0 aromatic carbocycles. The van der Waals surface area contributed by atoms with Gasteiger partial charge in [-0.15, -0.1) is 0 Å². The van der Waals surface area contributed by atoms with Crippen molar-refractivity contribution >= 4 is 5.91 Å². The Morgan fingerprint density at radius 2 is 2.44 bits per heavy atom. The number of nitrogens with one attached hydrogen (secondary N) is 2. The van der Waals surface area contributed by atoms with Crippen LogP contribution in [-0.2, 0) is 4.79 Å². The third-order valence-electron chi connectivity index (χ3n) is 2.92. The SMILES string of the molecule is Cc1ccc(C(C)NC(=O)[C@H]2CCCN2)o1. The van der Waals surface area contributed by atoms with Crippen molar-refractivity contribution < 1.29 is 9.21 Å². The summed E-state index contributed by atoms with van der Waals surface area (Å²) in [5.41, 5.74) is 0. The van der Waals surface area contributed by atoms with Crippen molar-refractivity contribution in [1.29, 1.82) is 0 Å². The van der Waals surface area contributed by atoms with E-state index in [9.17, 15) is 4.79 Å². The Bertz CT molecular complexity index is 367. The first-order valence-corrected chi connectivity index (χ1v) is 5.77. The van der Waals surface area contributed by atoms with Gasteiger partial charge in [-0.1, -0.05) is 0 Å². The zero-order valence-electron chi connectivity index (χ0n) is 9.75. The van der Waals surface area contributed by atoms with Crippen molar-refractivity contribution in [3.05, 3.63) is 23.7 Å². The molecular formula is C12H18N2O2. The second-order valence-electron chi connectivity index (χ2n) is 4.33. The summed E-state index contributed by atoms with van der Waals surface area (Å²) in [6.07, 6.45) is 2.00. The van der Waals surface area contributed by atoms with E-state index in [4.69, 9.17) is 4.42 Å². The second kappa shape index (κ2) is 4.70. The molecule has 2 atom stereocenters. The molecule has 88 valence electrons. The van der Waals surface area contributed by atoms with Crippen molar-refractivity contribution in [1.82, 2.24) is 10.6 Å². The van der Waals surface area contributed by atoms with E-state index in [0.29, 0.717) is 0 Å². The van der Waals surface area contributed by atoms with Crippen LogP contribution in [0.25, 0.3) is 0 Å². The normalized spacial score (nSPS) is 22.0. The van der Waals surface area contributed by atoms with Crippen molar-refractivity contribution in [3.63, 3.8) is 0 Å². The Morgan fingerprint density at radius 1 is 1.62 bits per heavy atom. The van der Waals surface area contributed by atoms with Crippen LogP contribution in [0.5, 0.6) is 0 Å². The molecule has 1 amide bonds. The van der Waals surface area contributed by atoms with Crippen molar-refractivity contribution in [3.8, 4) is 0 Å². The highest BCUT2D eigenvalue weighted by molar-refractivity contribution is 5.82. The van der Waals surface area contributed by atoms with E-state index in [1.165, 1.54) is 0 Å². The molecule has 1 aromatic heterocycles. The maximum absolute atomic E-state index is 11.8. The lowest BCUT2D eigenvalue weighted by Crippen LogP contribution is -2.41. The van der Waals surface area contributed by atoms with Crippen LogP contribution >= 0.6 is 0 Å². The molecule has 2 N–H and O–H groups in total. The van der Waals surface area contributed by atoms with Gasteiger partial charge in [0.05, 0.1) is 12.1 Å². The highest BCUT2D eigenvalue weighted by Crippen LogP contribution is 2.16. The van der Waals surface area contributed by atoms with Gasteiger partial charge in [-0.3, -0.25) is 4.79 Å². The van der Waals surface area contributed by atoms with E-state index in [1.54, 1.807) is 0 Å². The molecule has 0 radical (unpaired) electrons. The summed E-state index contributed by atoms with van der Waals surface area (Å²) < 4.78 is 5.47. The maximum Gasteiger partial charge on any atom is 0.237 e. The first-order valence-electron chi connectivity index (χ1n) is 5.77. The van der Waals surface area contributed by atoms with Crippen molar-refractivity contribution in [2.45, 2.75) is 38.8 Å². The third-order valence-corrected chi connectivity index (χ3v) is 2.92. The zero-order chi connectivity index (χ0) is 11.5. The number of rotatable bonds is 3. The van der Waals surface area contributed by atoms with Gasteiger partial charge in [0.25, 0.3) is 0 Å². The molecule has 16 heavy (non-hydrogen) atoms. The van der Waals surface area contributed by atoms with Gasteiger partial charge < -0.3 is 15.1 Å². The van der Waals surface area contributed by atoms with Gasteiger partial charge in [-0.05, 0) is 45.4 Å². The smallest absolute Gasteiger partial charge is 0.237 e. The Morgan fingerprint density at radius 3 is 3.00 bits per heavy atom. The van der Waals surface area contributed by atoms with Crippen LogP contribution in [0.15, 0.2) is 16.5 Å². The predicted octanol–water partition coefficient (Wildman–Crippen LogP) is 1.52. The summed E-state index contributed by atoms with van der Waals surface area (Å²) in [6, 6.07) is 3.72. The van der Waals surface area contributed by atoms with Crippen LogP contribution < -0.4 is 10.6 Å². The molecule has 1 aliphatic heterocycles. The molecule has 1 saturated heterocycles. The van der Waals surface area contributed by atoms with E-state index in [0.717, 1.165) is 30.9 Å². The monoisotopic (exact) mass is 222 g/mol. The number of carbonyl (C=O) groups excluding carboxylic acids is 1. The fourth-order valence-corrected chi connectivity index (χ4v) is 1.98. The average molecular weight is 222 g/mol. The first-order chi connectivity index (χ1) is 7.66. The van der Waals surface area contributed by atoms with Crippen molar-refractivity contribution in [2.75, 3.05) is 6.54 Å². The zero-order valence-corrected chi connectivity index (χ0v) is 9.75. The summed E-state index contributed by atoms with van der Waals surface area (Å²) in [4.78, 5) is 11.8. The van der Waals surface area contributed by atoms with Gasteiger partial charge in [-0.25, -0.2) is 0 Å². The second-order valence-corrected chi connectivity index (χ2v) is 4.33. The van der Waals surface area contributed by atoms with Gasteiger partial charge in [0, 0.05) is 0 Å². The van der Waals surface area contributed by atoms with Gasteiger partial charge in [-0.2, -0.15) is 0 Å². The summed E-state index contributed by atoms with van der Waals surface area (Å²) >= 11 is 0. The Labute approximate surface area is 95.4 Å². The number of furan rings is 1. The molecule has 1 aliphatic rings. The minimum atomic E-state index is -0.0661. The minimum Gasteiger partial charge on any atom is -0.464 e. The van der Waals surface area contributed by atoms with E-state index in [1.807, 2.05) is 26.0 Å². The van der Waals surface area contributed by atoms with Gasteiger partial charge in [0.15, 0.2) is 0 Å². The first kappa shape index (κ1) is 11.2. The molecular weight excluding hydrogens is 204 g/mol. The topological polar surface area (TPSA) is 54.3 Å². The van der Waals surface area contributed by atoms with Crippen LogP contribution in [0.4, 0.5) is 0 Å². The summed E-state index contributed by atoms with van der Waals surface area (Å²) in [5.74, 6) is 1.75. The number of amides is 1. The van der Waals surface area contributed by atoms with E-state index in [2.05, 4.69) is 10.6 Å². The maximum atomic E-state index is 11.8. The number of hydrogen-bond donors (Lipinski definition) is 2. The summed E-state index contributed by atoms with van der Waals surface area (Å²) in [7, 11) is 0. The summed E-state index contributed by atoms with van der Waals surface area (Å²) in [5, 5.41) is 6.13. The third kappa shape index (κ3) is 2.44. The molecule has 0 bridgehead atoms. The van der Waals surface area contributed by atoms with Gasteiger partial charge >= 0.3 is 0 Å². The Hall–Kier alpha value is -1.29. The summed E-state index contributed by atoms with van der Waals surface area (Å²) in [6.45, 7) is 4.77. The molecule has 4 heteroatoms. The van der Waals surface area contributed by atoms with E-state index in [-0.39, 0.29) is 18.0 Å². The lowest BCUT2D eigenvalue weighted by Gasteiger charge is -2.15.